The van der Waals surface area contributed by atoms with Gasteiger partial charge in [0.1, 0.15) is 11.4 Å². The zero-order valence-corrected chi connectivity index (χ0v) is 11.2. The van der Waals surface area contributed by atoms with Gasteiger partial charge in [0.05, 0.1) is 12.7 Å². The Morgan fingerprint density at radius 2 is 2.06 bits per heavy atom. The van der Waals surface area contributed by atoms with Gasteiger partial charge >= 0.3 is 5.97 Å². The molecule has 18 heavy (non-hydrogen) atoms. The number of hydrogen-bond acceptors (Lipinski definition) is 3. The van der Waals surface area contributed by atoms with Gasteiger partial charge in [-0.15, -0.1) is 0 Å². The predicted octanol–water partition coefficient (Wildman–Crippen LogP) is 3.42. The van der Waals surface area contributed by atoms with Crippen LogP contribution in [0.1, 0.15) is 25.8 Å². The summed E-state index contributed by atoms with van der Waals surface area (Å²) in [5.41, 5.74) is 0.214. The molecule has 1 atom stereocenters. The number of rotatable bonds is 3. The molecular formula is C14H15ClO3. The third kappa shape index (κ3) is 2.67. The van der Waals surface area contributed by atoms with Gasteiger partial charge in [-0.3, -0.25) is 0 Å². The van der Waals surface area contributed by atoms with Gasteiger partial charge in [0.15, 0.2) is 0 Å². The molecule has 0 bridgehead atoms. The molecule has 1 heterocycles. The van der Waals surface area contributed by atoms with Gasteiger partial charge in [0, 0.05) is 11.4 Å². The SMILES string of the molecule is CCOC1=CC(=O)OC(C)(c2ccc(Cl)cc2)C1. The molecule has 0 fully saturated rings. The van der Waals surface area contributed by atoms with Gasteiger partial charge < -0.3 is 9.47 Å². The van der Waals surface area contributed by atoms with Crippen LogP contribution >= 0.6 is 11.6 Å². The van der Waals surface area contributed by atoms with E-state index in [2.05, 4.69) is 0 Å². The number of carbonyl (C=O) groups is 1. The van der Waals surface area contributed by atoms with Crippen molar-refractivity contribution in [2.75, 3.05) is 6.61 Å². The van der Waals surface area contributed by atoms with Crippen LogP contribution in [0.4, 0.5) is 0 Å². The molecule has 96 valence electrons. The quantitative estimate of drug-likeness (QED) is 0.787. The molecule has 0 spiro atoms. The molecule has 0 saturated heterocycles. The van der Waals surface area contributed by atoms with Crippen molar-refractivity contribution in [3.63, 3.8) is 0 Å². The number of benzene rings is 1. The second-order valence-electron chi connectivity index (χ2n) is 4.38. The first-order valence-electron chi connectivity index (χ1n) is 5.86. The van der Waals surface area contributed by atoms with Crippen molar-refractivity contribution in [1.82, 2.24) is 0 Å². The highest BCUT2D eigenvalue weighted by Gasteiger charge is 2.36. The monoisotopic (exact) mass is 266 g/mol. The van der Waals surface area contributed by atoms with Crippen LogP contribution in [0, 0.1) is 0 Å². The van der Waals surface area contributed by atoms with E-state index in [1.807, 2.05) is 26.0 Å². The maximum absolute atomic E-state index is 11.6. The minimum Gasteiger partial charge on any atom is -0.498 e. The van der Waals surface area contributed by atoms with E-state index >= 15 is 0 Å². The lowest BCUT2D eigenvalue weighted by molar-refractivity contribution is -0.156. The van der Waals surface area contributed by atoms with Crippen molar-refractivity contribution in [3.05, 3.63) is 46.7 Å². The van der Waals surface area contributed by atoms with Crippen molar-refractivity contribution >= 4 is 17.6 Å². The van der Waals surface area contributed by atoms with Gasteiger partial charge in [0.25, 0.3) is 0 Å². The van der Waals surface area contributed by atoms with Crippen molar-refractivity contribution in [2.45, 2.75) is 25.9 Å². The summed E-state index contributed by atoms with van der Waals surface area (Å²) in [6.45, 7) is 4.30. The highest BCUT2D eigenvalue weighted by molar-refractivity contribution is 6.30. The van der Waals surface area contributed by atoms with Crippen molar-refractivity contribution in [1.29, 1.82) is 0 Å². The summed E-state index contributed by atoms with van der Waals surface area (Å²) in [5, 5.41) is 0.657. The van der Waals surface area contributed by atoms with Gasteiger partial charge in [-0.1, -0.05) is 23.7 Å². The van der Waals surface area contributed by atoms with Crippen LogP contribution in [0.2, 0.25) is 5.02 Å². The van der Waals surface area contributed by atoms with Crippen LogP contribution in [0.25, 0.3) is 0 Å². The third-order valence-corrected chi connectivity index (χ3v) is 3.15. The number of ether oxygens (including phenoxy) is 2. The number of halogens is 1. The number of esters is 1. The summed E-state index contributed by atoms with van der Waals surface area (Å²) in [6, 6.07) is 7.30. The van der Waals surface area contributed by atoms with Crippen LogP contribution in [-0.2, 0) is 19.9 Å². The molecule has 1 aliphatic rings. The molecule has 3 nitrogen and oxygen atoms in total. The molecule has 0 amide bonds. The van der Waals surface area contributed by atoms with Gasteiger partial charge in [-0.05, 0) is 31.5 Å². The van der Waals surface area contributed by atoms with E-state index in [0.717, 1.165) is 5.56 Å². The van der Waals surface area contributed by atoms with Crippen LogP contribution in [0.5, 0.6) is 0 Å². The number of carbonyl (C=O) groups excluding carboxylic acids is 1. The van der Waals surface area contributed by atoms with Crippen molar-refractivity contribution in [2.24, 2.45) is 0 Å². The molecular weight excluding hydrogens is 252 g/mol. The maximum Gasteiger partial charge on any atom is 0.335 e. The van der Waals surface area contributed by atoms with E-state index in [9.17, 15) is 4.79 Å². The number of hydrogen-bond donors (Lipinski definition) is 0. The first-order valence-corrected chi connectivity index (χ1v) is 6.24. The molecule has 2 rings (SSSR count). The lowest BCUT2D eigenvalue weighted by atomic mass is 9.90. The molecule has 1 unspecified atom stereocenters. The first-order chi connectivity index (χ1) is 8.53. The molecule has 0 aliphatic carbocycles. The second-order valence-corrected chi connectivity index (χ2v) is 4.82. The fourth-order valence-corrected chi connectivity index (χ4v) is 2.17. The highest BCUT2D eigenvalue weighted by atomic mass is 35.5. The lowest BCUT2D eigenvalue weighted by Crippen LogP contribution is -2.33. The Bertz CT molecular complexity index is 478. The van der Waals surface area contributed by atoms with Gasteiger partial charge in [-0.25, -0.2) is 4.79 Å². The molecule has 1 aromatic rings. The van der Waals surface area contributed by atoms with Crippen molar-refractivity contribution in [3.8, 4) is 0 Å². The summed E-state index contributed by atoms with van der Waals surface area (Å²) in [7, 11) is 0. The molecule has 0 N–H and O–H groups in total. The van der Waals surface area contributed by atoms with E-state index < -0.39 is 5.60 Å². The summed E-state index contributed by atoms with van der Waals surface area (Å²) in [4.78, 5) is 11.6. The van der Waals surface area contributed by atoms with Crippen LogP contribution < -0.4 is 0 Å². The smallest absolute Gasteiger partial charge is 0.335 e. The van der Waals surface area contributed by atoms with Crippen LogP contribution in [0.3, 0.4) is 0 Å². The number of cyclic esters (lactones) is 1. The molecule has 0 radical (unpaired) electrons. The Balaban J connectivity index is 2.29. The summed E-state index contributed by atoms with van der Waals surface area (Å²) < 4.78 is 10.9. The van der Waals surface area contributed by atoms with Crippen LogP contribution in [0.15, 0.2) is 36.1 Å². The Morgan fingerprint density at radius 1 is 1.39 bits per heavy atom. The minimum atomic E-state index is -0.694. The van der Waals surface area contributed by atoms with Crippen molar-refractivity contribution < 1.29 is 14.3 Å². The first kappa shape index (κ1) is 13.0. The van der Waals surface area contributed by atoms with E-state index in [1.165, 1.54) is 6.08 Å². The largest absolute Gasteiger partial charge is 0.498 e. The van der Waals surface area contributed by atoms with Gasteiger partial charge in [0.2, 0.25) is 0 Å². The summed E-state index contributed by atoms with van der Waals surface area (Å²) in [5.74, 6) is 0.286. The molecule has 4 heteroatoms. The summed E-state index contributed by atoms with van der Waals surface area (Å²) in [6.07, 6.45) is 1.94. The van der Waals surface area contributed by atoms with Crippen LogP contribution in [-0.4, -0.2) is 12.6 Å². The van der Waals surface area contributed by atoms with Gasteiger partial charge in [-0.2, -0.15) is 0 Å². The zero-order chi connectivity index (χ0) is 13.2. The second kappa shape index (κ2) is 5.02. The third-order valence-electron chi connectivity index (χ3n) is 2.90. The zero-order valence-electron chi connectivity index (χ0n) is 10.4. The van der Waals surface area contributed by atoms with E-state index in [0.29, 0.717) is 23.8 Å². The Kier molecular flexibility index (Phi) is 3.62. The Hall–Kier alpha value is -1.48. The maximum atomic E-state index is 11.6. The average Bonchev–Trinajstić information content (AvgIpc) is 2.28. The Morgan fingerprint density at radius 3 is 2.67 bits per heavy atom. The fourth-order valence-electron chi connectivity index (χ4n) is 2.04. The standard InChI is InChI=1S/C14H15ClO3/c1-3-17-12-8-13(16)18-14(2,9-12)10-4-6-11(15)7-5-10/h4-8H,3,9H2,1-2H3. The highest BCUT2D eigenvalue weighted by Crippen LogP contribution is 2.36. The Labute approximate surface area is 111 Å². The van der Waals surface area contributed by atoms with E-state index in [4.69, 9.17) is 21.1 Å². The fraction of sp³-hybridized carbons (Fsp3) is 0.357. The van der Waals surface area contributed by atoms with E-state index in [1.54, 1.807) is 12.1 Å². The molecule has 0 saturated carbocycles. The molecule has 0 aromatic heterocycles. The molecule has 1 aliphatic heterocycles. The average molecular weight is 267 g/mol. The predicted molar refractivity (Wildman–Crippen MR) is 69.2 cm³/mol. The lowest BCUT2D eigenvalue weighted by Gasteiger charge is -2.33. The topological polar surface area (TPSA) is 35.5 Å². The normalized spacial score (nSPS) is 23.3. The minimum absolute atomic E-state index is 0.373. The molecule has 1 aromatic carbocycles. The summed E-state index contributed by atoms with van der Waals surface area (Å²) >= 11 is 5.86. The van der Waals surface area contributed by atoms with E-state index in [-0.39, 0.29) is 5.97 Å².